The van der Waals surface area contributed by atoms with E-state index in [0.717, 1.165) is 0 Å². The average molecular weight is 349 g/mol. The summed E-state index contributed by atoms with van der Waals surface area (Å²) in [4.78, 5) is 36.4. The van der Waals surface area contributed by atoms with Gasteiger partial charge < -0.3 is 20.7 Å². The van der Waals surface area contributed by atoms with Gasteiger partial charge in [0.1, 0.15) is 11.8 Å². The van der Waals surface area contributed by atoms with Crippen LogP contribution >= 0.6 is 0 Å². The third kappa shape index (κ3) is 6.45. The minimum absolute atomic E-state index is 0.124. The molecular formula is C18H27N3O4. The molecule has 3 amide bonds. The first-order valence-corrected chi connectivity index (χ1v) is 8.47. The topological polar surface area (TPSA) is 96.5 Å². The fourth-order valence-electron chi connectivity index (χ4n) is 2.23. The minimum atomic E-state index is -0.753. The zero-order valence-electron chi connectivity index (χ0n) is 15.2. The van der Waals surface area contributed by atoms with E-state index < -0.39 is 17.9 Å². The third-order valence-electron chi connectivity index (χ3n) is 3.46. The van der Waals surface area contributed by atoms with Crippen molar-refractivity contribution in [3.63, 3.8) is 0 Å². The summed E-state index contributed by atoms with van der Waals surface area (Å²) in [5.41, 5.74) is 0.367. The minimum Gasteiger partial charge on any atom is -0.493 e. The lowest BCUT2D eigenvalue weighted by molar-refractivity contribution is -0.127. The molecule has 1 aromatic carbocycles. The molecule has 0 heterocycles. The van der Waals surface area contributed by atoms with Crippen LogP contribution in [0.4, 0.5) is 0 Å². The molecule has 0 bridgehead atoms. The van der Waals surface area contributed by atoms with E-state index >= 15 is 0 Å². The van der Waals surface area contributed by atoms with Crippen molar-refractivity contribution in [1.82, 2.24) is 16.0 Å². The van der Waals surface area contributed by atoms with Crippen molar-refractivity contribution in [2.24, 2.45) is 5.92 Å². The van der Waals surface area contributed by atoms with Crippen LogP contribution < -0.4 is 20.7 Å². The molecule has 1 aromatic rings. The first-order valence-electron chi connectivity index (χ1n) is 8.47. The Bertz CT molecular complexity index is 602. The van der Waals surface area contributed by atoms with Crippen molar-refractivity contribution < 1.29 is 19.1 Å². The molecule has 0 radical (unpaired) electrons. The monoisotopic (exact) mass is 349 g/mol. The molecule has 0 aliphatic rings. The summed E-state index contributed by atoms with van der Waals surface area (Å²) < 4.78 is 5.45. The molecule has 0 aromatic heterocycles. The summed E-state index contributed by atoms with van der Waals surface area (Å²) >= 11 is 0. The van der Waals surface area contributed by atoms with Gasteiger partial charge in [-0.2, -0.15) is 0 Å². The van der Waals surface area contributed by atoms with Crippen LogP contribution in [0.3, 0.4) is 0 Å². The molecule has 138 valence electrons. The molecule has 3 N–H and O–H groups in total. The molecule has 0 saturated heterocycles. The van der Waals surface area contributed by atoms with Crippen LogP contribution in [0.15, 0.2) is 24.3 Å². The normalized spacial score (nSPS) is 11.6. The van der Waals surface area contributed by atoms with Crippen LogP contribution in [-0.2, 0) is 9.59 Å². The van der Waals surface area contributed by atoms with Gasteiger partial charge >= 0.3 is 0 Å². The number of para-hydroxylation sites is 1. The van der Waals surface area contributed by atoms with E-state index in [0.29, 0.717) is 24.5 Å². The van der Waals surface area contributed by atoms with Crippen molar-refractivity contribution in [2.45, 2.75) is 33.7 Å². The SMILES string of the molecule is CCNC(=O)CNC(=O)[C@@H](NC(=O)c1ccccc1OCC)C(C)C. The van der Waals surface area contributed by atoms with E-state index in [-0.39, 0.29) is 18.4 Å². The van der Waals surface area contributed by atoms with Crippen molar-refractivity contribution >= 4 is 17.7 Å². The first kappa shape index (κ1) is 20.5. The van der Waals surface area contributed by atoms with Crippen molar-refractivity contribution in [1.29, 1.82) is 0 Å². The summed E-state index contributed by atoms with van der Waals surface area (Å²) in [5.74, 6) is -0.740. The third-order valence-corrected chi connectivity index (χ3v) is 3.46. The van der Waals surface area contributed by atoms with Crippen molar-refractivity contribution in [3.05, 3.63) is 29.8 Å². The van der Waals surface area contributed by atoms with Crippen LogP contribution in [0.2, 0.25) is 0 Å². The maximum absolute atomic E-state index is 12.5. The molecule has 0 unspecified atom stereocenters. The van der Waals surface area contributed by atoms with E-state index in [1.807, 2.05) is 20.8 Å². The van der Waals surface area contributed by atoms with Crippen LogP contribution in [0.5, 0.6) is 5.75 Å². The van der Waals surface area contributed by atoms with E-state index in [1.165, 1.54) is 0 Å². The van der Waals surface area contributed by atoms with E-state index in [2.05, 4.69) is 16.0 Å². The molecule has 1 atom stereocenters. The Labute approximate surface area is 148 Å². The summed E-state index contributed by atoms with van der Waals surface area (Å²) in [5, 5.41) is 7.87. The van der Waals surface area contributed by atoms with Crippen LogP contribution in [0.1, 0.15) is 38.1 Å². The zero-order valence-corrected chi connectivity index (χ0v) is 15.2. The van der Waals surface area contributed by atoms with E-state index in [4.69, 9.17) is 4.74 Å². The van der Waals surface area contributed by atoms with Crippen LogP contribution in [-0.4, -0.2) is 43.5 Å². The smallest absolute Gasteiger partial charge is 0.255 e. The number of ether oxygens (including phenoxy) is 1. The predicted molar refractivity (Wildman–Crippen MR) is 95.4 cm³/mol. The quantitative estimate of drug-likeness (QED) is 0.622. The second kappa shape index (κ2) is 10.3. The Morgan fingerprint density at radius 2 is 1.76 bits per heavy atom. The van der Waals surface area contributed by atoms with Gasteiger partial charge in [0.2, 0.25) is 11.8 Å². The van der Waals surface area contributed by atoms with Gasteiger partial charge in [-0.15, -0.1) is 0 Å². The highest BCUT2D eigenvalue weighted by molar-refractivity contribution is 6.00. The highest BCUT2D eigenvalue weighted by Crippen LogP contribution is 2.18. The molecule has 1 rings (SSSR count). The Balaban J connectivity index is 2.79. The molecule has 0 aliphatic carbocycles. The lowest BCUT2D eigenvalue weighted by Crippen LogP contribution is -2.51. The number of benzene rings is 1. The standard InChI is InChI=1S/C18H27N3O4/c1-5-19-15(22)11-20-18(24)16(12(3)4)21-17(23)13-9-7-8-10-14(13)25-6-2/h7-10,12,16H,5-6,11H2,1-4H3,(H,19,22)(H,20,24)(H,21,23)/t16-/m0/s1. The largest absolute Gasteiger partial charge is 0.493 e. The predicted octanol–water partition coefficient (Wildman–Crippen LogP) is 1.09. The lowest BCUT2D eigenvalue weighted by atomic mass is 10.0. The number of carbonyl (C=O) groups is 3. The summed E-state index contributed by atoms with van der Waals surface area (Å²) in [7, 11) is 0. The number of nitrogens with one attached hydrogen (secondary N) is 3. The van der Waals surface area contributed by atoms with Crippen molar-refractivity contribution in [3.8, 4) is 5.75 Å². The first-order chi connectivity index (χ1) is 11.9. The molecule has 7 nitrogen and oxygen atoms in total. The second-order valence-corrected chi connectivity index (χ2v) is 5.80. The summed E-state index contributed by atoms with van der Waals surface area (Å²) in [6, 6.07) is 6.11. The van der Waals surface area contributed by atoms with Gasteiger partial charge in [0.15, 0.2) is 0 Å². The van der Waals surface area contributed by atoms with Gasteiger partial charge in [-0.25, -0.2) is 0 Å². The molecule has 7 heteroatoms. The zero-order chi connectivity index (χ0) is 18.8. The maximum Gasteiger partial charge on any atom is 0.255 e. The molecule has 0 aliphatic heterocycles. The van der Waals surface area contributed by atoms with Crippen LogP contribution in [0, 0.1) is 5.92 Å². The fraction of sp³-hybridized carbons (Fsp3) is 0.500. The summed E-state index contributed by atoms with van der Waals surface area (Å²) in [6.07, 6.45) is 0. The molecule has 0 fully saturated rings. The van der Waals surface area contributed by atoms with Gasteiger partial charge in [0.25, 0.3) is 5.91 Å². The maximum atomic E-state index is 12.5. The Hall–Kier alpha value is -2.57. The molecular weight excluding hydrogens is 322 g/mol. The highest BCUT2D eigenvalue weighted by Gasteiger charge is 2.26. The molecule has 0 saturated carbocycles. The number of hydrogen-bond acceptors (Lipinski definition) is 4. The van der Waals surface area contributed by atoms with E-state index in [1.54, 1.807) is 31.2 Å². The van der Waals surface area contributed by atoms with Gasteiger partial charge in [0.05, 0.1) is 18.7 Å². The number of likely N-dealkylation sites (N-methyl/N-ethyl adjacent to an activating group) is 1. The molecule has 25 heavy (non-hydrogen) atoms. The highest BCUT2D eigenvalue weighted by atomic mass is 16.5. The van der Waals surface area contributed by atoms with Crippen LogP contribution in [0.25, 0.3) is 0 Å². The van der Waals surface area contributed by atoms with Gasteiger partial charge in [-0.3, -0.25) is 14.4 Å². The number of carbonyl (C=O) groups excluding carboxylic acids is 3. The van der Waals surface area contributed by atoms with Gasteiger partial charge in [-0.05, 0) is 31.9 Å². The van der Waals surface area contributed by atoms with Gasteiger partial charge in [-0.1, -0.05) is 26.0 Å². The van der Waals surface area contributed by atoms with Gasteiger partial charge in [0, 0.05) is 6.54 Å². The average Bonchev–Trinajstić information content (AvgIpc) is 2.58. The van der Waals surface area contributed by atoms with Crippen molar-refractivity contribution in [2.75, 3.05) is 19.7 Å². The number of rotatable bonds is 9. The number of amides is 3. The number of hydrogen-bond donors (Lipinski definition) is 3. The Morgan fingerprint density at radius 3 is 2.36 bits per heavy atom. The lowest BCUT2D eigenvalue weighted by Gasteiger charge is -2.22. The Kier molecular flexibility index (Phi) is 8.46. The molecule has 0 spiro atoms. The summed E-state index contributed by atoms with van der Waals surface area (Å²) in [6.45, 7) is 8.09. The fourth-order valence-corrected chi connectivity index (χ4v) is 2.23. The second-order valence-electron chi connectivity index (χ2n) is 5.80. The van der Waals surface area contributed by atoms with E-state index in [9.17, 15) is 14.4 Å². The Morgan fingerprint density at radius 1 is 1.08 bits per heavy atom.